The molecule has 0 aliphatic heterocycles. The van der Waals surface area contributed by atoms with Gasteiger partial charge < -0.3 is 5.32 Å². The van der Waals surface area contributed by atoms with Gasteiger partial charge in [0, 0.05) is 17.7 Å². The number of anilines is 1. The second-order valence-corrected chi connectivity index (χ2v) is 5.27. The summed E-state index contributed by atoms with van der Waals surface area (Å²) in [5, 5.41) is 11.2. The Morgan fingerprint density at radius 3 is 2.52 bits per heavy atom. The molecule has 1 amide bonds. The van der Waals surface area contributed by atoms with E-state index in [1.54, 1.807) is 0 Å². The van der Waals surface area contributed by atoms with Gasteiger partial charge in [0.05, 0.1) is 12.7 Å². The van der Waals surface area contributed by atoms with E-state index in [9.17, 15) is 4.79 Å². The Bertz CT molecular complexity index is 778. The molecule has 0 spiro atoms. The molecule has 3 rings (SSSR count). The van der Waals surface area contributed by atoms with Gasteiger partial charge in [-0.05, 0) is 17.7 Å². The highest BCUT2D eigenvalue weighted by atomic mass is 16.1. The number of carbonyl (C=O) groups excluding carboxylic acids is 1. The van der Waals surface area contributed by atoms with E-state index in [-0.39, 0.29) is 5.91 Å². The van der Waals surface area contributed by atoms with Crippen molar-refractivity contribution in [3.8, 4) is 11.3 Å². The minimum absolute atomic E-state index is 0.0153. The van der Waals surface area contributed by atoms with Crippen LogP contribution in [0.25, 0.3) is 11.3 Å². The molecule has 2 aromatic carbocycles. The zero-order valence-corrected chi connectivity index (χ0v) is 12.9. The summed E-state index contributed by atoms with van der Waals surface area (Å²) < 4.78 is 1.81. The van der Waals surface area contributed by atoms with E-state index < -0.39 is 0 Å². The van der Waals surface area contributed by atoms with Gasteiger partial charge in [0.25, 0.3) is 0 Å². The first-order valence-electron chi connectivity index (χ1n) is 7.59. The van der Waals surface area contributed by atoms with Gasteiger partial charge in [-0.2, -0.15) is 0 Å². The highest BCUT2D eigenvalue weighted by Crippen LogP contribution is 2.16. The van der Waals surface area contributed by atoms with Gasteiger partial charge in [-0.15, -0.1) is 5.10 Å². The normalized spacial score (nSPS) is 10.5. The summed E-state index contributed by atoms with van der Waals surface area (Å²) in [5.41, 5.74) is 3.82. The molecular weight excluding hydrogens is 288 g/mol. The molecule has 1 aromatic heterocycles. The molecule has 0 unspecified atom stereocenters. The molecule has 3 aromatic rings. The summed E-state index contributed by atoms with van der Waals surface area (Å²) in [5.74, 6) is 0.0153. The fourth-order valence-electron chi connectivity index (χ4n) is 2.25. The van der Waals surface area contributed by atoms with Crippen LogP contribution in [0.4, 0.5) is 5.69 Å². The van der Waals surface area contributed by atoms with Crippen molar-refractivity contribution in [3.05, 3.63) is 66.4 Å². The van der Waals surface area contributed by atoms with Crippen LogP contribution in [0.15, 0.2) is 60.8 Å². The fourth-order valence-corrected chi connectivity index (χ4v) is 2.25. The lowest BCUT2D eigenvalue weighted by Crippen LogP contribution is -2.09. The molecule has 0 saturated heterocycles. The molecule has 5 heteroatoms. The lowest BCUT2D eigenvalue weighted by atomic mass is 10.2. The van der Waals surface area contributed by atoms with E-state index in [0.29, 0.717) is 13.0 Å². The Morgan fingerprint density at radius 1 is 1.09 bits per heavy atom. The molecule has 116 valence electrons. The quantitative estimate of drug-likeness (QED) is 0.786. The number of nitrogens with zero attached hydrogens (tertiary/aromatic N) is 3. The Kier molecular flexibility index (Phi) is 4.47. The van der Waals surface area contributed by atoms with Crippen molar-refractivity contribution in [3.63, 3.8) is 0 Å². The molecule has 0 radical (unpaired) electrons. The standard InChI is InChI=1S/C18H18N4O/c1-2-18(23)19-16-10-8-14(9-11-16)12-22-13-17(20-21-22)15-6-4-3-5-7-15/h3-11,13H,2,12H2,1H3,(H,19,23). The van der Waals surface area contributed by atoms with Crippen LogP contribution in [0.1, 0.15) is 18.9 Å². The van der Waals surface area contributed by atoms with Crippen LogP contribution in [-0.4, -0.2) is 20.9 Å². The first kappa shape index (κ1) is 15.0. The predicted octanol–water partition coefficient (Wildman–Crippen LogP) is 3.34. The number of aromatic nitrogens is 3. The maximum Gasteiger partial charge on any atom is 0.224 e. The fraction of sp³-hybridized carbons (Fsp3) is 0.167. The number of nitrogens with one attached hydrogen (secondary N) is 1. The number of carbonyl (C=O) groups is 1. The number of rotatable bonds is 5. The van der Waals surface area contributed by atoms with Gasteiger partial charge in [-0.25, -0.2) is 4.68 Å². The summed E-state index contributed by atoms with van der Waals surface area (Å²) in [6, 6.07) is 17.7. The van der Waals surface area contributed by atoms with Gasteiger partial charge >= 0.3 is 0 Å². The molecule has 23 heavy (non-hydrogen) atoms. The molecular formula is C18H18N4O. The average Bonchev–Trinajstić information content (AvgIpc) is 3.06. The average molecular weight is 306 g/mol. The smallest absolute Gasteiger partial charge is 0.224 e. The molecule has 5 nitrogen and oxygen atoms in total. The molecule has 1 heterocycles. The highest BCUT2D eigenvalue weighted by Gasteiger charge is 2.04. The van der Waals surface area contributed by atoms with Gasteiger partial charge in [0.2, 0.25) is 5.91 Å². The van der Waals surface area contributed by atoms with Crippen LogP contribution in [0, 0.1) is 0 Å². The zero-order chi connectivity index (χ0) is 16.1. The van der Waals surface area contributed by atoms with E-state index in [4.69, 9.17) is 0 Å². The van der Waals surface area contributed by atoms with Crippen molar-refractivity contribution in [2.45, 2.75) is 19.9 Å². The van der Waals surface area contributed by atoms with E-state index in [1.807, 2.05) is 72.4 Å². The van der Waals surface area contributed by atoms with Gasteiger partial charge in [0.15, 0.2) is 0 Å². The third-order valence-corrected chi connectivity index (χ3v) is 3.51. The predicted molar refractivity (Wildman–Crippen MR) is 89.9 cm³/mol. The number of hydrogen-bond acceptors (Lipinski definition) is 3. The molecule has 0 aliphatic rings. The monoisotopic (exact) mass is 306 g/mol. The van der Waals surface area contributed by atoms with Gasteiger partial charge in [-0.1, -0.05) is 54.6 Å². The summed E-state index contributed by atoms with van der Waals surface area (Å²) in [6.07, 6.45) is 2.41. The largest absolute Gasteiger partial charge is 0.326 e. The van der Waals surface area contributed by atoms with Crippen molar-refractivity contribution in [1.82, 2.24) is 15.0 Å². The minimum atomic E-state index is 0.0153. The van der Waals surface area contributed by atoms with Crippen molar-refractivity contribution < 1.29 is 4.79 Å². The molecule has 0 aliphatic carbocycles. The van der Waals surface area contributed by atoms with Crippen molar-refractivity contribution in [2.75, 3.05) is 5.32 Å². The van der Waals surface area contributed by atoms with Crippen LogP contribution in [0.3, 0.4) is 0 Å². The van der Waals surface area contributed by atoms with Crippen LogP contribution >= 0.6 is 0 Å². The Hall–Kier alpha value is -2.95. The number of hydrogen-bond donors (Lipinski definition) is 1. The Balaban J connectivity index is 1.68. The SMILES string of the molecule is CCC(=O)Nc1ccc(Cn2cc(-c3ccccc3)nn2)cc1. The maximum atomic E-state index is 11.4. The summed E-state index contributed by atoms with van der Waals surface area (Å²) in [7, 11) is 0. The summed E-state index contributed by atoms with van der Waals surface area (Å²) >= 11 is 0. The topological polar surface area (TPSA) is 59.8 Å². The highest BCUT2D eigenvalue weighted by molar-refractivity contribution is 5.90. The van der Waals surface area contributed by atoms with Crippen LogP contribution in [0.5, 0.6) is 0 Å². The van der Waals surface area contributed by atoms with Crippen molar-refractivity contribution in [1.29, 1.82) is 0 Å². The number of amides is 1. The molecule has 0 bridgehead atoms. The van der Waals surface area contributed by atoms with Crippen LogP contribution in [0.2, 0.25) is 0 Å². The summed E-state index contributed by atoms with van der Waals surface area (Å²) in [4.78, 5) is 11.4. The number of benzene rings is 2. The third-order valence-electron chi connectivity index (χ3n) is 3.51. The van der Waals surface area contributed by atoms with Gasteiger partial charge in [0.1, 0.15) is 5.69 Å². The third kappa shape index (κ3) is 3.83. The maximum absolute atomic E-state index is 11.4. The lowest BCUT2D eigenvalue weighted by molar-refractivity contribution is -0.115. The van der Waals surface area contributed by atoms with Crippen LogP contribution < -0.4 is 5.32 Å². The molecule has 0 fully saturated rings. The second kappa shape index (κ2) is 6.87. The molecule has 1 N–H and O–H groups in total. The van der Waals surface area contributed by atoms with Crippen LogP contribution in [-0.2, 0) is 11.3 Å². The van der Waals surface area contributed by atoms with E-state index in [1.165, 1.54) is 0 Å². The Labute approximate surface area is 135 Å². The van der Waals surface area contributed by atoms with Gasteiger partial charge in [-0.3, -0.25) is 4.79 Å². The zero-order valence-electron chi connectivity index (χ0n) is 12.9. The second-order valence-electron chi connectivity index (χ2n) is 5.27. The van der Waals surface area contributed by atoms with Crippen molar-refractivity contribution >= 4 is 11.6 Å². The minimum Gasteiger partial charge on any atom is -0.326 e. The first-order valence-corrected chi connectivity index (χ1v) is 7.59. The van der Waals surface area contributed by atoms with E-state index in [0.717, 1.165) is 22.5 Å². The Morgan fingerprint density at radius 2 is 1.83 bits per heavy atom. The molecule has 0 atom stereocenters. The van der Waals surface area contributed by atoms with E-state index in [2.05, 4.69) is 15.6 Å². The first-order chi connectivity index (χ1) is 11.2. The van der Waals surface area contributed by atoms with E-state index >= 15 is 0 Å². The summed E-state index contributed by atoms with van der Waals surface area (Å²) in [6.45, 7) is 2.47. The molecule has 0 saturated carbocycles. The van der Waals surface area contributed by atoms with Crippen molar-refractivity contribution in [2.24, 2.45) is 0 Å². The lowest BCUT2D eigenvalue weighted by Gasteiger charge is -2.05.